The number of thiazole rings is 1. The Hall–Kier alpha value is -0.570. The summed E-state index contributed by atoms with van der Waals surface area (Å²) in [5.74, 6) is 0.464. The summed E-state index contributed by atoms with van der Waals surface area (Å²) in [5, 5.41) is 3.65. The molecule has 0 saturated heterocycles. The molecule has 4 heteroatoms. The highest BCUT2D eigenvalue weighted by molar-refractivity contribution is 7.10. The Labute approximate surface area is 96.3 Å². The van der Waals surface area contributed by atoms with Crippen molar-refractivity contribution in [2.45, 2.75) is 5.88 Å². The van der Waals surface area contributed by atoms with E-state index in [1.165, 1.54) is 0 Å². The minimum Gasteiger partial charge on any atom is -0.240 e. The van der Waals surface area contributed by atoms with Crippen molar-refractivity contribution in [3.05, 3.63) is 39.7 Å². The summed E-state index contributed by atoms with van der Waals surface area (Å²) in [7, 11) is 0. The van der Waals surface area contributed by atoms with Crippen molar-refractivity contribution in [2.75, 3.05) is 0 Å². The minimum absolute atomic E-state index is 0.464. The van der Waals surface area contributed by atoms with E-state index in [0.717, 1.165) is 21.3 Å². The van der Waals surface area contributed by atoms with Gasteiger partial charge in [-0.2, -0.15) is 0 Å². The van der Waals surface area contributed by atoms with E-state index in [0.29, 0.717) is 5.88 Å². The van der Waals surface area contributed by atoms with E-state index in [9.17, 15) is 0 Å². The van der Waals surface area contributed by atoms with Crippen LogP contribution in [0, 0.1) is 0 Å². The Bertz CT molecular complexity index is 439. The third-order valence-corrected chi connectivity index (χ3v) is 3.28. The molecule has 0 bridgehead atoms. The summed E-state index contributed by atoms with van der Waals surface area (Å²) in [6.07, 6.45) is 0. The van der Waals surface area contributed by atoms with E-state index in [4.69, 9.17) is 23.2 Å². The number of halogens is 2. The average molecular weight is 244 g/mol. The lowest BCUT2D eigenvalue weighted by molar-refractivity contribution is 1.26. The van der Waals surface area contributed by atoms with Gasteiger partial charge in [-0.3, -0.25) is 0 Å². The maximum Gasteiger partial charge on any atom is 0.108 e. The van der Waals surface area contributed by atoms with Crippen LogP contribution in [0.1, 0.15) is 5.01 Å². The molecule has 1 aromatic carbocycles. The second-order valence-electron chi connectivity index (χ2n) is 2.77. The summed E-state index contributed by atoms with van der Waals surface area (Å²) >= 11 is 13.1. The maximum atomic E-state index is 5.88. The quantitative estimate of drug-likeness (QED) is 0.721. The standard InChI is InChI=1S/C10H7Cl2NS/c11-5-10-13-9(6-14-10)7-2-1-3-8(12)4-7/h1-4,6H,5H2. The van der Waals surface area contributed by atoms with E-state index >= 15 is 0 Å². The molecule has 0 saturated carbocycles. The van der Waals surface area contributed by atoms with Gasteiger partial charge in [0, 0.05) is 16.0 Å². The Kier molecular flexibility index (Phi) is 3.06. The molecule has 1 nitrogen and oxygen atoms in total. The van der Waals surface area contributed by atoms with Crippen LogP contribution in [-0.2, 0) is 5.88 Å². The molecule has 1 aromatic heterocycles. The van der Waals surface area contributed by atoms with E-state index in [1.807, 2.05) is 29.6 Å². The van der Waals surface area contributed by atoms with Crippen LogP contribution in [0.2, 0.25) is 5.02 Å². The van der Waals surface area contributed by atoms with Gasteiger partial charge < -0.3 is 0 Å². The summed E-state index contributed by atoms with van der Waals surface area (Å²) in [4.78, 5) is 4.37. The second-order valence-corrected chi connectivity index (χ2v) is 4.42. The van der Waals surface area contributed by atoms with Gasteiger partial charge in [0.15, 0.2) is 0 Å². The highest BCUT2D eigenvalue weighted by atomic mass is 35.5. The molecule has 0 aliphatic carbocycles. The monoisotopic (exact) mass is 243 g/mol. The van der Waals surface area contributed by atoms with Crippen molar-refractivity contribution in [2.24, 2.45) is 0 Å². The highest BCUT2D eigenvalue weighted by Crippen LogP contribution is 2.24. The fraction of sp³-hybridized carbons (Fsp3) is 0.100. The lowest BCUT2D eigenvalue weighted by atomic mass is 10.2. The molecule has 0 unspecified atom stereocenters. The molecule has 0 atom stereocenters. The first kappa shape index (κ1) is 9.97. The molecule has 0 N–H and O–H groups in total. The van der Waals surface area contributed by atoms with Crippen molar-refractivity contribution in [3.63, 3.8) is 0 Å². The molecule has 0 radical (unpaired) electrons. The van der Waals surface area contributed by atoms with Crippen molar-refractivity contribution >= 4 is 34.5 Å². The third-order valence-electron chi connectivity index (χ3n) is 1.79. The fourth-order valence-electron chi connectivity index (χ4n) is 1.15. The molecular formula is C10H7Cl2NS. The predicted octanol–water partition coefficient (Wildman–Crippen LogP) is 4.20. The van der Waals surface area contributed by atoms with Gasteiger partial charge in [-0.05, 0) is 12.1 Å². The number of rotatable bonds is 2. The van der Waals surface area contributed by atoms with Crippen molar-refractivity contribution < 1.29 is 0 Å². The molecular weight excluding hydrogens is 237 g/mol. The topological polar surface area (TPSA) is 12.9 Å². The van der Waals surface area contributed by atoms with Gasteiger partial charge in [-0.1, -0.05) is 23.7 Å². The molecule has 0 fully saturated rings. The summed E-state index contributed by atoms with van der Waals surface area (Å²) in [6, 6.07) is 7.64. The molecule has 1 heterocycles. The number of alkyl halides is 1. The molecule has 2 rings (SSSR count). The molecule has 2 aromatic rings. The molecule has 0 aliphatic heterocycles. The minimum atomic E-state index is 0.464. The second kappa shape index (κ2) is 4.30. The Morgan fingerprint density at radius 2 is 2.21 bits per heavy atom. The van der Waals surface area contributed by atoms with E-state index in [2.05, 4.69) is 4.98 Å². The Morgan fingerprint density at radius 3 is 2.86 bits per heavy atom. The summed E-state index contributed by atoms with van der Waals surface area (Å²) in [5.41, 5.74) is 1.97. The molecule has 14 heavy (non-hydrogen) atoms. The first-order chi connectivity index (χ1) is 6.79. The van der Waals surface area contributed by atoms with Crippen molar-refractivity contribution in [1.29, 1.82) is 0 Å². The van der Waals surface area contributed by atoms with Gasteiger partial charge >= 0.3 is 0 Å². The Balaban J connectivity index is 2.39. The number of hydrogen-bond acceptors (Lipinski definition) is 2. The first-order valence-corrected chi connectivity index (χ1v) is 5.85. The van der Waals surface area contributed by atoms with Gasteiger partial charge in [-0.25, -0.2) is 4.98 Å². The van der Waals surface area contributed by atoms with Crippen LogP contribution in [0.15, 0.2) is 29.6 Å². The van der Waals surface area contributed by atoms with Gasteiger partial charge in [0.05, 0.1) is 11.6 Å². The van der Waals surface area contributed by atoms with E-state index < -0.39 is 0 Å². The zero-order chi connectivity index (χ0) is 9.97. The van der Waals surface area contributed by atoms with E-state index in [-0.39, 0.29) is 0 Å². The maximum absolute atomic E-state index is 5.88. The zero-order valence-corrected chi connectivity index (χ0v) is 9.53. The van der Waals surface area contributed by atoms with Gasteiger partial charge in [0.2, 0.25) is 0 Å². The molecule has 0 aliphatic rings. The van der Waals surface area contributed by atoms with Crippen LogP contribution in [0.5, 0.6) is 0 Å². The normalized spacial score (nSPS) is 10.4. The SMILES string of the molecule is ClCc1nc(-c2cccc(Cl)c2)cs1. The first-order valence-electron chi connectivity index (χ1n) is 4.06. The Morgan fingerprint density at radius 1 is 1.36 bits per heavy atom. The fourth-order valence-corrected chi connectivity index (χ4v) is 2.24. The summed E-state index contributed by atoms with van der Waals surface area (Å²) in [6.45, 7) is 0. The van der Waals surface area contributed by atoms with Gasteiger partial charge in [0.25, 0.3) is 0 Å². The van der Waals surface area contributed by atoms with Crippen LogP contribution in [0.25, 0.3) is 11.3 Å². The molecule has 72 valence electrons. The lowest BCUT2D eigenvalue weighted by Crippen LogP contribution is -1.79. The molecule has 0 spiro atoms. The largest absolute Gasteiger partial charge is 0.240 e. The van der Waals surface area contributed by atoms with Crippen LogP contribution >= 0.6 is 34.5 Å². The number of aromatic nitrogens is 1. The zero-order valence-electron chi connectivity index (χ0n) is 7.21. The van der Waals surface area contributed by atoms with Crippen molar-refractivity contribution in [1.82, 2.24) is 4.98 Å². The predicted molar refractivity (Wildman–Crippen MR) is 62.1 cm³/mol. The summed E-state index contributed by atoms with van der Waals surface area (Å²) < 4.78 is 0. The van der Waals surface area contributed by atoms with Crippen LogP contribution in [-0.4, -0.2) is 4.98 Å². The molecule has 0 amide bonds. The lowest BCUT2D eigenvalue weighted by Gasteiger charge is -1.96. The van der Waals surface area contributed by atoms with Gasteiger partial charge in [0.1, 0.15) is 5.01 Å². The van der Waals surface area contributed by atoms with Gasteiger partial charge in [-0.15, -0.1) is 22.9 Å². The van der Waals surface area contributed by atoms with Crippen LogP contribution in [0.3, 0.4) is 0 Å². The average Bonchev–Trinajstić information content (AvgIpc) is 2.66. The third kappa shape index (κ3) is 2.08. The van der Waals surface area contributed by atoms with Crippen LogP contribution in [0.4, 0.5) is 0 Å². The number of hydrogen-bond donors (Lipinski definition) is 0. The number of benzene rings is 1. The highest BCUT2D eigenvalue weighted by Gasteiger charge is 2.03. The number of nitrogens with zero attached hydrogens (tertiary/aromatic N) is 1. The van der Waals surface area contributed by atoms with Crippen molar-refractivity contribution in [3.8, 4) is 11.3 Å². The smallest absolute Gasteiger partial charge is 0.108 e. The van der Waals surface area contributed by atoms with Crippen LogP contribution < -0.4 is 0 Å². The van der Waals surface area contributed by atoms with E-state index in [1.54, 1.807) is 11.3 Å².